The molecule has 2 aliphatic heterocycles. The number of imidazole rings is 1. The van der Waals surface area contributed by atoms with Crippen LogP contribution >= 0.6 is 0 Å². The van der Waals surface area contributed by atoms with Gasteiger partial charge in [0.05, 0.1) is 26.3 Å². The average molecular weight is 423 g/mol. The zero-order valence-corrected chi connectivity index (χ0v) is 18.4. The fourth-order valence-corrected chi connectivity index (χ4v) is 4.80. The number of hydrogen-bond donors (Lipinski definition) is 2. The molecule has 0 aliphatic carbocycles. The Hall–Kier alpha value is -2.01. The Morgan fingerprint density at radius 1 is 1.03 bits per heavy atom. The van der Waals surface area contributed by atoms with Gasteiger partial charge in [-0.1, -0.05) is 0 Å². The molecule has 0 spiro atoms. The number of ether oxygens (including phenoxy) is 2. The molecule has 3 atom stereocenters. The number of aromatic nitrogens is 4. The van der Waals surface area contributed by atoms with Gasteiger partial charge in [0.2, 0.25) is 0 Å². The molecule has 2 aromatic heterocycles. The topological polar surface area (TPSA) is 89.2 Å². The molecule has 0 aromatic carbocycles. The third-order valence-corrected chi connectivity index (χ3v) is 6.34. The van der Waals surface area contributed by atoms with Gasteiger partial charge < -0.3 is 23.8 Å². The van der Waals surface area contributed by atoms with E-state index < -0.39 is 0 Å². The van der Waals surface area contributed by atoms with E-state index in [1.807, 2.05) is 0 Å². The van der Waals surface area contributed by atoms with E-state index in [9.17, 15) is 9.59 Å². The molecule has 4 heterocycles. The first kappa shape index (κ1) is 21.2. The van der Waals surface area contributed by atoms with Gasteiger partial charge in [0.25, 0.3) is 5.56 Å². The van der Waals surface area contributed by atoms with Gasteiger partial charge in [0, 0.05) is 14.1 Å². The van der Waals surface area contributed by atoms with Gasteiger partial charge in [-0.05, 0) is 13.8 Å². The highest BCUT2D eigenvalue weighted by Crippen LogP contribution is 2.11. The lowest BCUT2D eigenvalue weighted by atomic mass is 10.2. The lowest BCUT2D eigenvalue weighted by molar-refractivity contribution is -0.929. The first-order valence-corrected chi connectivity index (χ1v) is 10.9. The van der Waals surface area contributed by atoms with E-state index >= 15 is 0 Å². The number of nitrogens with one attached hydrogen (secondary N) is 2. The molecule has 0 amide bonds. The predicted octanol–water partition coefficient (Wildman–Crippen LogP) is -3.46. The number of rotatable bonds is 5. The highest BCUT2D eigenvalue weighted by Gasteiger charge is 2.29. The summed E-state index contributed by atoms with van der Waals surface area (Å²) in [5.74, 6) is 0.868. The second kappa shape index (κ2) is 8.62. The monoisotopic (exact) mass is 422 g/mol. The van der Waals surface area contributed by atoms with Gasteiger partial charge in [-0.2, -0.15) is 0 Å². The number of morpholine rings is 2. The van der Waals surface area contributed by atoms with Crippen molar-refractivity contribution >= 4 is 11.2 Å². The predicted molar refractivity (Wildman–Crippen MR) is 111 cm³/mol. The summed E-state index contributed by atoms with van der Waals surface area (Å²) in [5.41, 5.74) is 0.380. The fraction of sp³-hybridized carbons (Fsp3) is 0.750. The molecule has 10 nitrogen and oxygen atoms in total. The van der Waals surface area contributed by atoms with Crippen LogP contribution in [0.15, 0.2) is 9.59 Å². The second-order valence-corrected chi connectivity index (χ2v) is 8.76. The maximum atomic E-state index is 13.0. The van der Waals surface area contributed by atoms with Crippen molar-refractivity contribution < 1.29 is 19.3 Å². The van der Waals surface area contributed by atoms with Gasteiger partial charge in [-0.25, -0.2) is 9.78 Å². The molecule has 0 radical (unpaired) electrons. The summed E-state index contributed by atoms with van der Waals surface area (Å²) in [7, 11) is 3.22. The molecule has 30 heavy (non-hydrogen) atoms. The van der Waals surface area contributed by atoms with E-state index in [0.717, 1.165) is 51.8 Å². The Morgan fingerprint density at radius 2 is 1.70 bits per heavy atom. The molecule has 0 bridgehead atoms. The molecule has 2 fully saturated rings. The number of hydrogen-bond acceptors (Lipinski definition) is 5. The zero-order valence-electron chi connectivity index (χ0n) is 18.4. The minimum atomic E-state index is -0.344. The highest BCUT2D eigenvalue weighted by atomic mass is 16.5. The molecule has 2 aromatic rings. The van der Waals surface area contributed by atoms with Crippen molar-refractivity contribution in [2.75, 3.05) is 45.9 Å². The van der Waals surface area contributed by atoms with Crippen molar-refractivity contribution in [3.8, 4) is 0 Å². The van der Waals surface area contributed by atoms with Crippen molar-refractivity contribution in [3.05, 3.63) is 26.7 Å². The van der Waals surface area contributed by atoms with Crippen LogP contribution < -0.4 is 21.0 Å². The van der Waals surface area contributed by atoms with Gasteiger partial charge in [0.1, 0.15) is 44.9 Å². The third-order valence-electron chi connectivity index (χ3n) is 6.34. The lowest BCUT2D eigenvalue weighted by Gasteiger charge is -2.32. The summed E-state index contributed by atoms with van der Waals surface area (Å²) in [5, 5.41) is 0. The first-order valence-electron chi connectivity index (χ1n) is 10.9. The van der Waals surface area contributed by atoms with Crippen LogP contribution in [0.5, 0.6) is 0 Å². The van der Waals surface area contributed by atoms with E-state index in [0.29, 0.717) is 24.3 Å². The standard InChI is InChI=1S/C20H32N6O4/c1-14-11-25(12-15(2)30-14)13-16-21-18-17(19(27)23(4)20(28)22(18)3)26(16)6-5-24-7-9-29-10-8-24/h14-15H,5-13H2,1-4H3/p+2/t14-,15+. The molecular formula is C20H34N6O4+2. The van der Waals surface area contributed by atoms with Crippen molar-refractivity contribution in [2.45, 2.75) is 39.1 Å². The minimum absolute atomic E-state index is 0.191. The molecule has 166 valence electrons. The Morgan fingerprint density at radius 3 is 2.37 bits per heavy atom. The SMILES string of the molecule is C[C@@H]1C[NH+](Cc2nc3c(c(=O)n(C)c(=O)n3C)n2CC[NH+]2CCOCC2)C[C@H](C)O1. The van der Waals surface area contributed by atoms with Crippen molar-refractivity contribution in [2.24, 2.45) is 14.1 Å². The average Bonchev–Trinajstić information content (AvgIpc) is 3.07. The summed E-state index contributed by atoms with van der Waals surface area (Å²) in [6, 6.07) is 0. The van der Waals surface area contributed by atoms with Crippen LogP contribution in [0.3, 0.4) is 0 Å². The van der Waals surface area contributed by atoms with Crippen LogP contribution in [0, 0.1) is 0 Å². The number of aryl methyl sites for hydroxylation is 1. The molecule has 10 heteroatoms. The number of quaternary nitrogens is 2. The summed E-state index contributed by atoms with van der Waals surface area (Å²) in [6.45, 7) is 11.8. The summed E-state index contributed by atoms with van der Waals surface area (Å²) in [6.07, 6.45) is 0.383. The lowest BCUT2D eigenvalue weighted by Crippen LogP contribution is -3.14. The number of nitrogens with zero attached hydrogens (tertiary/aromatic N) is 4. The molecular weight excluding hydrogens is 388 g/mol. The van der Waals surface area contributed by atoms with E-state index in [2.05, 4.69) is 18.4 Å². The van der Waals surface area contributed by atoms with Gasteiger partial charge in [-0.3, -0.25) is 13.9 Å². The van der Waals surface area contributed by atoms with Crippen LogP contribution in [-0.2, 0) is 36.7 Å². The molecule has 2 saturated heterocycles. The van der Waals surface area contributed by atoms with Gasteiger partial charge in [0.15, 0.2) is 17.0 Å². The summed E-state index contributed by atoms with van der Waals surface area (Å²) in [4.78, 5) is 33.1. The largest absolute Gasteiger partial charge is 0.370 e. The van der Waals surface area contributed by atoms with Crippen LogP contribution in [0.2, 0.25) is 0 Å². The van der Waals surface area contributed by atoms with E-state index in [-0.39, 0.29) is 23.5 Å². The Balaban J connectivity index is 1.71. The first-order chi connectivity index (χ1) is 14.3. The van der Waals surface area contributed by atoms with E-state index in [1.165, 1.54) is 26.0 Å². The maximum absolute atomic E-state index is 13.0. The van der Waals surface area contributed by atoms with Crippen molar-refractivity contribution in [1.82, 2.24) is 18.7 Å². The van der Waals surface area contributed by atoms with E-state index in [4.69, 9.17) is 14.5 Å². The van der Waals surface area contributed by atoms with Gasteiger partial charge >= 0.3 is 5.69 Å². The zero-order chi connectivity index (χ0) is 21.4. The summed E-state index contributed by atoms with van der Waals surface area (Å²) >= 11 is 0. The molecule has 2 N–H and O–H groups in total. The fourth-order valence-electron chi connectivity index (χ4n) is 4.80. The molecule has 4 rings (SSSR count). The van der Waals surface area contributed by atoms with Crippen LogP contribution in [0.25, 0.3) is 11.2 Å². The summed E-state index contributed by atoms with van der Waals surface area (Å²) < 4.78 is 16.1. The third kappa shape index (κ3) is 4.09. The van der Waals surface area contributed by atoms with E-state index in [1.54, 1.807) is 7.05 Å². The normalized spacial score (nSPS) is 25.8. The Labute approximate surface area is 175 Å². The smallest absolute Gasteiger partial charge is 0.332 e. The van der Waals surface area contributed by atoms with Crippen LogP contribution in [0.4, 0.5) is 0 Å². The Kier molecular flexibility index (Phi) is 6.10. The molecule has 1 unspecified atom stereocenters. The molecule has 2 aliphatic rings. The maximum Gasteiger partial charge on any atom is 0.332 e. The minimum Gasteiger partial charge on any atom is -0.370 e. The second-order valence-electron chi connectivity index (χ2n) is 8.76. The highest BCUT2D eigenvalue weighted by molar-refractivity contribution is 5.71. The van der Waals surface area contributed by atoms with Crippen molar-refractivity contribution in [1.29, 1.82) is 0 Å². The van der Waals surface area contributed by atoms with Crippen LogP contribution in [0.1, 0.15) is 19.7 Å². The van der Waals surface area contributed by atoms with Crippen LogP contribution in [-0.4, -0.2) is 76.8 Å². The Bertz CT molecular complexity index is 1010. The number of fused-ring (bicyclic) bond motifs is 1. The molecule has 0 saturated carbocycles. The quantitative estimate of drug-likeness (QED) is 0.523. The van der Waals surface area contributed by atoms with Gasteiger partial charge in [-0.15, -0.1) is 0 Å². The van der Waals surface area contributed by atoms with Crippen molar-refractivity contribution in [3.63, 3.8) is 0 Å².